The number of nitrogens with two attached hydrogens (primary N) is 2. The molecule has 0 radical (unpaired) electrons. The zero-order chi connectivity index (χ0) is 49.2. The van der Waals surface area contributed by atoms with Gasteiger partial charge in [-0.3, -0.25) is 24.5 Å². The van der Waals surface area contributed by atoms with Gasteiger partial charge >= 0.3 is 12.1 Å². The minimum Gasteiger partial charge on any atom is -0.486 e. The van der Waals surface area contributed by atoms with Crippen LogP contribution in [-0.2, 0) is 40.0 Å². The Bertz CT molecular complexity index is 2310. The zero-order valence-corrected chi connectivity index (χ0v) is 39.4. The van der Waals surface area contributed by atoms with Crippen molar-refractivity contribution in [3.05, 3.63) is 77.9 Å². The first-order chi connectivity index (χ1) is 32.2. The number of carbonyl (C=O) groups is 6. The second kappa shape index (κ2) is 20.2. The van der Waals surface area contributed by atoms with E-state index in [1.54, 1.807) is 55.5 Å². The second-order valence-electron chi connectivity index (χ2n) is 19.9. The van der Waals surface area contributed by atoms with Gasteiger partial charge in [-0.25, -0.2) is 18.4 Å². The van der Waals surface area contributed by atoms with Gasteiger partial charge in [-0.15, -0.1) is 0 Å². The SMILES string of the molecule is CCCC1O[C@@H]2C[C@H]3[C@@H]4C[C@H](F)C5=CC(=O)C=C[C@]5(C)[C@@]4(F)CC[C@]3(C)[C@]2(C(=O)COc2ccc(NC(=O)OCc3ccc(NC(=O)[C@H](CCCNC(N)=O)CC(=O)[C@@H](N)C(C)C)cc3)cc2)O1. The van der Waals surface area contributed by atoms with E-state index in [0.717, 1.165) is 6.42 Å². The van der Waals surface area contributed by atoms with Crippen molar-refractivity contribution in [1.82, 2.24) is 5.32 Å². The molecule has 2 aromatic carbocycles. The number of hydrogen-bond acceptors (Lipinski definition) is 11. The summed E-state index contributed by atoms with van der Waals surface area (Å²) in [7, 11) is 0. The second-order valence-corrected chi connectivity index (χ2v) is 19.9. The van der Waals surface area contributed by atoms with Gasteiger partial charge in [0.2, 0.25) is 11.7 Å². The van der Waals surface area contributed by atoms with Crippen LogP contribution < -0.4 is 32.2 Å². The van der Waals surface area contributed by atoms with Gasteiger partial charge < -0.3 is 41.0 Å². The molecule has 1 unspecified atom stereocenters. The molecule has 0 aromatic heterocycles. The van der Waals surface area contributed by atoms with Crippen LogP contribution in [0.15, 0.2) is 72.3 Å². The molecule has 1 aliphatic heterocycles. The smallest absolute Gasteiger partial charge is 0.411 e. The average molecular weight is 946 g/mol. The molecule has 4 aliphatic carbocycles. The molecule has 5 aliphatic rings. The van der Waals surface area contributed by atoms with Crippen LogP contribution in [-0.4, -0.2) is 84.4 Å². The van der Waals surface area contributed by atoms with Gasteiger partial charge in [0.15, 0.2) is 23.5 Å². The van der Waals surface area contributed by atoms with Crippen molar-refractivity contribution in [3.8, 4) is 5.75 Å². The van der Waals surface area contributed by atoms with Crippen molar-refractivity contribution in [3.63, 3.8) is 0 Å². The number of rotatable bonds is 19. The monoisotopic (exact) mass is 945 g/mol. The fraction of sp³-hybridized carbons (Fsp3) is 0.569. The number of amides is 4. The van der Waals surface area contributed by atoms with Crippen LogP contribution in [0.3, 0.4) is 0 Å². The van der Waals surface area contributed by atoms with Crippen LogP contribution in [0.5, 0.6) is 5.75 Å². The molecule has 17 heteroatoms. The lowest BCUT2D eigenvalue weighted by Gasteiger charge is -2.61. The molecular formula is C51H65F2N5O10. The topological polar surface area (TPSA) is 227 Å². The summed E-state index contributed by atoms with van der Waals surface area (Å²) in [5.41, 5.74) is 7.42. The van der Waals surface area contributed by atoms with E-state index in [1.165, 1.54) is 18.2 Å². The lowest BCUT2D eigenvalue weighted by atomic mass is 9.45. The van der Waals surface area contributed by atoms with Gasteiger partial charge in [0.25, 0.3) is 0 Å². The van der Waals surface area contributed by atoms with Gasteiger partial charge in [0.1, 0.15) is 30.8 Å². The molecule has 7 N–H and O–H groups in total. The summed E-state index contributed by atoms with van der Waals surface area (Å²) in [6.07, 6.45) is 3.15. The summed E-state index contributed by atoms with van der Waals surface area (Å²) in [4.78, 5) is 76.8. The first kappa shape index (κ1) is 50.4. The number of ether oxygens (including phenoxy) is 4. The van der Waals surface area contributed by atoms with Gasteiger partial charge in [-0.1, -0.05) is 52.3 Å². The molecule has 11 atom stereocenters. The van der Waals surface area contributed by atoms with Gasteiger partial charge in [0, 0.05) is 47.0 Å². The van der Waals surface area contributed by atoms with E-state index < -0.39 is 76.6 Å². The summed E-state index contributed by atoms with van der Waals surface area (Å²) in [6, 6.07) is 11.7. The number of Topliss-reactive ketones (excluding diaryl/α,β-unsaturated/α-hetero) is 2. The van der Waals surface area contributed by atoms with E-state index in [1.807, 2.05) is 27.7 Å². The minimum atomic E-state index is -1.84. The fourth-order valence-corrected chi connectivity index (χ4v) is 11.5. The molecule has 0 bridgehead atoms. The quantitative estimate of drug-likeness (QED) is 0.0863. The highest BCUT2D eigenvalue weighted by atomic mass is 19.1. The number of allylic oxidation sites excluding steroid dienone is 4. The number of urea groups is 1. The predicted molar refractivity (Wildman–Crippen MR) is 249 cm³/mol. The Hall–Kier alpha value is -5.52. The molecule has 15 nitrogen and oxygen atoms in total. The van der Waals surface area contributed by atoms with E-state index in [2.05, 4.69) is 16.0 Å². The van der Waals surface area contributed by atoms with Crippen LogP contribution in [0.1, 0.15) is 98.0 Å². The van der Waals surface area contributed by atoms with Crippen molar-refractivity contribution < 1.29 is 56.5 Å². The number of primary amides is 1. The molecule has 1 saturated heterocycles. The Balaban J connectivity index is 0.928. The van der Waals surface area contributed by atoms with Crippen LogP contribution in [0.4, 0.5) is 29.7 Å². The number of benzene rings is 2. The zero-order valence-electron chi connectivity index (χ0n) is 39.4. The number of fused-ring (bicyclic) bond motifs is 7. The molecule has 68 heavy (non-hydrogen) atoms. The van der Waals surface area contributed by atoms with Crippen molar-refractivity contribution in [2.75, 3.05) is 23.8 Å². The molecule has 368 valence electrons. The van der Waals surface area contributed by atoms with E-state index in [-0.39, 0.29) is 80.2 Å². The van der Waals surface area contributed by atoms with Crippen LogP contribution in [0.2, 0.25) is 0 Å². The standard InChI is InChI=1S/C51H65F2N5O10/c1-6-8-43-67-42-26-36-37-25-39(52)38-24-34(59)18-19-48(38,4)50(37,53)21-20-49(36,5)51(42,68-43)41(61)28-65-35-16-14-33(15-17-35)58-47(64)66-27-30-10-12-32(13-11-30)57-45(62)31(9-7-22-56-46(55)63)23-40(60)44(54)29(2)3/h10-19,24,29,31,36-37,39,42-44H,6-9,20-23,25-28,54H2,1-5H3,(H,57,62)(H,58,64)(H3,55,56,63)/t31-,36+,37+,39+,42-,43?,44+,48+,49+,50-,51-/m1/s1. The number of carbonyl (C=O) groups excluding carboxylic acids is 6. The van der Waals surface area contributed by atoms with E-state index in [0.29, 0.717) is 48.4 Å². The number of anilines is 2. The summed E-state index contributed by atoms with van der Waals surface area (Å²) in [5.74, 6) is -2.89. The van der Waals surface area contributed by atoms with E-state index >= 15 is 8.78 Å². The Kier molecular flexibility index (Phi) is 15.0. The van der Waals surface area contributed by atoms with E-state index in [4.69, 9.17) is 30.4 Å². The van der Waals surface area contributed by atoms with Crippen molar-refractivity contribution >= 4 is 46.8 Å². The normalized spacial score (nSPS) is 31.0. The molecule has 7 rings (SSSR count). The summed E-state index contributed by atoms with van der Waals surface area (Å²) >= 11 is 0. The van der Waals surface area contributed by atoms with Crippen LogP contribution in [0.25, 0.3) is 0 Å². The lowest BCUT2D eigenvalue weighted by molar-refractivity contribution is -0.202. The average Bonchev–Trinajstić information content (AvgIpc) is 3.79. The molecule has 1 heterocycles. The maximum atomic E-state index is 17.7. The first-order valence-corrected chi connectivity index (χ1v) is 23.8. The molecule has 3 saturated carbocycles. The highest BCUT2D eigenvalue weighted by Crippen LogP contribution is 2.72. The predicted octanol–water partition coefficient (Wildman–Crippen LogP) is 7.57. The largest absolute Gasteiger partial charge is 0.486 e. The summed E-state index contributed by atoms with van der Waals surface area (Å²) < 4.78 is 58.3. The van der Waals surface area contributed by atoms with E-state index in [9.17, 15) is 28.8 Å². The van der Waals surface area contributed by atoms with Crippen LogP contribution >= 0.6 is 0 Å². The van der Waals surface area contributed by atoms with Gasteiger partial charge in [0.05, 0.1) is 12.1 Å². The summed E-state index contributed by atoms with van der Waals surface area (Å²) in [6.45, 7) is 9.11. The van der Waals surface area contributed by atoms with Gasteiger partial charge in [-0.05, 0) is 123 Å². The Labute approximate surface area is 395 Å². The maximum Gasteiger partial charge on any atom is 0.411 e. The number of halogens is 2. The van der Waals surface area contributed by atoms with Gasteiger partial charge in [-0.2, -0.15) is 0 Å². The number of hydrogen-bond donors (Lipinski definition) is 5. The third-order valence-electron chi connectivity index (χ3n) is 15.4. The number of alkyl halides is 2. The Morgan fingerprint density at radius 2 is 1.65 bits per heavy atom. The number of ketones is 3. The lowest BCUT2D eigenvalue weighted by Crippen LogP contribution is -2.66. The fourth-order valence-electron chi connectivity index (χ4n) is 11.5. The highest BCUT2D eigenvalue weighted by molar-refractivity contribution is 6.01. The van der Waals surface area contributed by atoms with Crippen molar-refractivity contribution in [2.45, 2.75) is 135 Å². The maximum absolute atomic E-state index is 17.7. The third kappa shape index (κ3) is 9.71. The molecule has 2 aromatic rings. The molecule has 0 spiro atoms. The summed E-state index contributed by atoms with van der Waals surface area (Å²) in [5, 5.41) is 7.98. The molecule has 4 fully saturated rings. The highest BCUT2D eigenvalue weighted by Gasteiger charge is 2.78. The third-order valence-corrected chi connectivity index (χ3v) is 15.4. The number of nitrogens with one attached hydrogen (secondary N) is 3. The molecular weight excluding hydrogens is 881 g/mol. The van der Waals surface area contributed by atoms with Crippen LogP contribution in [0, 0.1) is 34.5 Å². The molecule has 4 amide bonds. The Morgan fingerprint density at radius 3 is 2.32 bits per heavy atom. The Morgan fingerprint density at radius 1 is 0.956 bits per heavy atom. The first-order valence-electron chi connectivity index (χ1n) is 23.8. The minimum absolute atomic E-state index is 0.0524. The van der Waals surface area contributed by atoms with Crippen molar-refractivity contribution in [1.29, 1.82) is 0 Å². The van der Waals surface area contributed by atoms with Crippen molar-refractivity contribution in [2.24, 2.45) is 46.0 Å².